The molecule has 12 heavy (non-hydrogen) atoms. The third-order valence-electron chi connectivity index (χ3n) is 1.94. The van der Waals surface area contributed by atoms with Crippen LogP contribution in [0.4, 0.5) is 0 Å². The molecule has 0 N–H and O–H groups in total. The van der Waals surface area contributed by atoms with Gasteiger partial charge in [0.05, 0.1) is 12.2 Å². The molecule has 0 radical (unpaired) electrons. The average molecular weight is 230 g/mol. The number of carbonyl (C=O) groups is 1. The van der Waals surface area contributed by atoms with E-state index in [9.17, 15) is 4.79 Å². The molecule has 0 spiro atoms. The van der Waals surface area contributed by atoms with Crippen LogP contribution in [0.5, 0.6) is 0 Å². The first-order valence-electron chi connectivity index (χ1n) is 3.63. The van der Waals surface area contributed by atoms with Crippen LogP contribution in [0.2, 0.25) is 0 Å². The maximum Gasteiger partial charge on any atom is 0.244 e. The van der Waals surface area contributed by atoms with Crippen molar-refractivity contribution in [3.8, 4) is 0 Å². The molecule has 0 bridgehead atoms. The van der Waals surface area contributed by atoms with Crippen molar-refractivity contribution in [1.82, 2.24) is 14.7 Å². The molecule has 1 aliphatic rings. The van der Waals surface area contributed by atoms with Gasteiger partial charge in [-0.1, -0.05) is 0 Å². The molecule has 0 saturated heterocycles. The molecule has 4 nitrogen and oxygen atoms in total. The number of halogens is 1. The number of hydrogen-bond acceptors (Lipinski definition) is 2. The molecule has 0 fully saturated rings. The van der Waals surface area contributed by atoms with Gasteiger partial charge in [-0.3, -0.25) is 9.48 Å². The van der Waals surface area contributed by atoms with E-state index in [0.29, 0.717) is 13.1 Å². The monoisotopic (exact) mass is 229 g/mol. The van der Waals surface area contributed by atoms with E-state index in [1.807, 2.05) is 6.07 Å². The molecule has 1 aromatic rings. The van der Waals surface area contributed by atoms with Crippen LogP contribution in [0, 0.1) is 0 Å². The molecule has 2 rings (SSSR count). The van der Waals surface area contributed by atoms with Gasteiger partial charge in [0.25, 0.3) is 0 Å². The molecule has 0 atom stereocenters. The summed E-state index contributed by atoms with van der Waals surface area (Å²) in [5.74, 6) is 0.109. The van der Waals surface area contributed by atoms with Gasteiger partial charge in [0.1, 0.15) is 11.1 Å². The molecule has 0 saturated carbocycles. The summed E-state index contributed by atoms with van der Waals surface area (Å²) in [6, 6.07) is 1.93. The maximum atomic E-state index is 11.2. The fourth-order valence-corrected chi connectivity index (χ4v) is 1.72. The lowest BCUT2D eigenvalue weighted by Crippen LogP contribution is -2.36. The van der Waals surface area contributed by atoms with Crippen molar-refractivity contribution in [3.63, 3.8) is 0 Å². The lowest BCUT2D eigenvalue weighted by molar-refractivity contribution is -0.132. The smallest absolute Gasteiger partial charge is 0.244 e. The highest BCUT2D eigenvalue weighted by Gasteiger charge is 2.20. The van der Waals surface area contributed by atoms with Crippen LogP contribution in [0.3, 0.4) is 0 Å². The van der Waals surface area contributed by atoms with Gasteiger partial charge in [-0.2, -0.15) is 5.10 Å². The van der Waals surface area contributed by atoms with E-state index in [2.05, 4.69) is 21.0 Å². The Morgan fingerprint density at radius 3 is 3.08 bits per heavy atom. The van der Waals surface area contributed by atoms with Gasteiger partial charge in [0, 0.05) is 7.05 Å². The number of nitrogens with zero attached hydrogens (tertiary/aromatic N) is 3. The van der Waals surface area contributed by atoms with Crippen LogP contribution in [-0.2, 0) is 17.9 Å². The second-order valence-corrected chi connectivity index (χ2v) is 3.68. The van der Waals surface area contributed by atoms with E-state index in [-0.39, 0.29) is 5.91 Å². The molecular formula is C7H8BrN3O. The van der Waals surface area contributed by atoms with E-state index >= 15 is 0 Å². The molecule has 1 aliphatic heterocycles. The predicted octanol–water partition coefficient (Wildman–Crippen LogP) is 0.618. The summed E-state index contributed by atoms with van der Waals surface area (Å²) in [6.07, 6.45) is 0. The van der Waals surface area contributed by atoms with Crippen molar-refractivity contribution in [3.05, 3.63) is 16.4 Å². The van der Waals surface area contributed by atoms with E-state index in [0.717, 1.165) is 10.3 Å². The zero-order chi connectivity index (χ0) is 8.72. The van der Waals surface area contributed by atoms with E-state index < -0.39 is 0 Å². The number of amides is 1. The number of rotatable bonds is 0. The standard InChI is InChI=1S/C7H8BrN3O/c1-10-3-5-2-6(8)9-11(5)4-7(10)12/h2H,3-4H2,1H3. The highest BCUT2D eigenvalue weighted by molar-refractivity contribution is 9.10. The summed E-state index contributed by atoms with van der Waals surface area (Å²) in [7, 11) is 1.80. The van der Waals surface area contributed by atoms with Gasteiger partial charge in [0.15, 0.2) is 0 Å². The highest BCUT2D eigenvalue weighted by Crippen LogP contribution is 2.16. The Morgan fingerprint density at radius 2 is 2.33 bits per heavy atom. The summed E-state index contributed by atoms with van der Waals surface area (Å²) in [5.41, 5.74) is 1.07. The van der Waals surface area contributed by atoms with Crippen molar-refractivity contribution < 1.29 is 4.79 Å². The lowest BCUT2D eigenvalue weighted by atomic mass is 10.3. The molecule has 5 heteroatoms. The van der Waals surface area contributed by atoms with Gasteiger partial charge in [-0.25, -0.2) is 0 Å². The van der Waals surface area contributed by atoms with Crippen molar-refractivity contribution >= 4 is 21.8 Å². The first-order valence-corrected chi connectivity index (χ1v) is 4.42. The summed E-state index contributed by atoms with van der Waals surface area (Å²) in [4.78, 5) is 12.9. The summed E-state index contributed by atoms with van der Waals surface area (Å²) in [5, 5.41) is 4.12. The topological polar surface area (TPSA) is 38.1 Å². The molecule has 0 aromatic carbocycles. The zero-order valence-corrected chi connectivity index (χ0v) is 8.21. The van der Waals surface area contributed by atoms with Crippen LogP contribution >= 0.6 is 15.9 Å². The van der Waals surface area contributed by atoms with Gasteiger partial charge < -0.3 is 4.90 Å². The third kappa shape index (κ3) is 1.14. The summed E-state index contributed by atoms with van der Waals surface area (Å²) in [6.45, 7) is 1.01. The second kappa shape index (κ2) is 2.58. The lowest BCUT2D eigenvalue weighted by Gasteiger charge is -2.22. The molecule has 0 aliphatic carbocycles. The SMILES string of the molecule is CN1Cc2cc(Br)nn2CC1=O. The van der Waals surface area contributed by atoms with Crippen molar-refractivity contribution in [2.45, 2.75) is 13.1 Å². The van der Waals surface area contributed by atoms with Crippen LogP contribution in [0.1, 0.15) is 5.69 Å². The minimum absolute atomic E-state index is 0.109. The fraction of sp³-hybridized carbons (Fsp3) is 0.429. The van der Waals surface area contributed by atoms with Crippen LogP contribution < -0.4 is 0 Å². The number of likely N-dealkylation sites (N-methyl/N-ethyl adjacent to an activating group) is 1. The summed E-state index contributed by atoms with van der Waals surface area (Å²) >= 11 is 3.27. The van der Waals surface area contributed by atoms with Gasteiger partial charge >= 0.3 is 0 Å². The van der Waals surface area contributed by atoms with Crippen molar-refractivity contribution in [1.29, 1.82) is 0 Å². The fourth-order valence-electron chi connectivity index (χ4n) is 1.26. The van der Waals surface area contributed by atoms with Crippen molar-refractivity contribution in [2.24, 2.45) is 0 Å². The van der Waals surface area contributed by atoms with E-state index in [1.54, 1.807) is 16.6 Å². The normalized spacial score (nSPS) is 16.5. The predicted molar refractivity (Wildman–Crippen MR) is 46.4 cm³/mol. The highest BCUT2D eigenvalue weighted by atomic mass is 79.9. The third-order valence-corrected chi connectivity index (χ3v) is 2.33. The first-order chi connectivity index (χ1) is 5.66. The Balaban J connectivity index is 2.39. The number of hydrogen-bond donors (Lipinski definition) is 0. The minimum atomic E-state index is 0.109. The van der Waals surface area contributed by atoms with Crippen LogP contribution in [-0.4, -0.2) is 27.6 Å². The van der Waals surface area contributed by atoms with Gasteiger partial charge in [-0.05, 0) is 22.0 Å². The Labute approximate surface area is 78.3 Å². The quantitative estimate of drug-likeness (QED) is 0.655. The second-order valence-electron chi connectivity index (χ2n) is 2.87. The molecule has 1 amide bonds. The van der Waals surface area contributed by atoms with E-state index in [4.69, 9.17) is 0 Å². The van der Waals surface area contributed by atoms with Gasteiger partial charge in [0.2, 0.25) is 5.91 Å². The largest absolute Gasteiger partial charge is 0.338 e. The Kier molecular flexibility index (Phi) is 1.68. The Hall–Kier alpha value is -0.840. The molecule has 2 heterocycles. The van der Waals surface area contributed by atoms with Crippen LogP contribution in [0.25, 0.3) is 0 Å². The Bertz CT molecular complexity index is 333. The molecule has 64 valence electrons. The molecular weight excluding hydrogens is 222 g/mol. The van der Waals surface area contributed by atoms with Crippen LogP contribution in [0.15, 0.2) is 10.7 Å². The number of fused-ring (bicyclic) bond motifs is 1. The maximum absolute atomic E-state index is 11.2. The van der Waals surface area contributed by atoms with Crippen molar-refractivity contribution in [2.75, 3.05) is 7.05 Å². The molecule has 1 aromatic heterocycles. The van der Waals surface area contributed by atoms with E-state index in [1.165, 1.54) is 0 Å². The minimum Gasteiger partial charge on any atom is -0.338 e. The summed E-state index contributed by atoms with van der Waals surface area (Å²) < 4.78 is 2.52. The molecule has 0 unspecified atom stereocenters. The van der Waals surface area contributed by atoms with Gasteiger partial charge in [-0.15, -0.1) is 0 Å². The Morgan fingerprint density at radius 1 is 1.58 bits per heavy atom. The first kappa shape index (κ1) is 7.79. The average Bonchev–Trinajstić information content (AvgIpc) is 2.30. The zero-order valence-electron chi connectivity index (χ0n) is 6.62. The number of carbonyl (C=O) groups excluding carboxylic acids is 1. The number of aromatic nitrogens is 2.